The van der Waals surface area contributed by atoms with Gasteiger partial charge in [-0.1, -0.05) is 141 Å². The minimum atomic E-state index is -0.755. The third-order valence-corrected chi connectivity index (χ3v) is 18.6. The van der Waals surface area contributed by atoms with Gasteiger partial charge in [-0.2, -0.15) is 0 Å². The molecular formula is C70H106O10S2. The van der Waals surface area contributed by atoms with Crippen LogP contribution in [0.15, 0.2) is 76.1 Å². The van der Waals surface area contributed by atoms with Crippen molar-refractivity contribution in [3.05, 3.63) is 99.6 Å². The van der Waals surface area contributed by atoms with Crippen molar-refractivity contribution >= 4 is 41.4 Å². The first-order valence-corrected chi connectivity index (χ1v) is 31.7. The average Bonchev–Trinajstić information content (AvgIpc) is 2.61. The zero-order valence-corrected chi connectivity index (χ0v) is 55.9. The summed E-state index contributed by atoms with van der Waals surface area (Å²) in [6.45, 7) is 46.8. The van der Waals surface area contributed by atoms with Gasteiger partial charge in [-0.05, 0) is 167 Å². The molecule has 0 unspecified atom stereocenters. The molecule has 1 heterocycles. The number of thioether (sulfide) groups is 2. The zero-order valence-electron chi connectivity index (χ0n) is 54.3. The molecule has 1 fully saturated rings. The summed E-state index contributed by atoms with van der Waals surface area (Å²) in [6.07, 6.45) is 11.1. The Balaban J connectivity index is 0.000000277. The van der Waals surface area contributed by atoms with Crippen molar-refractivity contribution in [2.45, 2.75) is 258 Å². The van der Waals surface area contributed by atoms with Crippen LogP contribution in [-0.2, 0) is 45.5 Å². The van der Waals surface area contributed by atoms with E-state index < -0.39 is 17.5 Å². The lowest BCUT2D eigenvalue weighted by molar-refractivity contribution is -0.162. The Morgan fingerprint density at radius 3 is 1.70 bits per heavy atom. The summed E-state index contributed by atoms with van der Waals surface area (Å²) in [6, 6.07) is 14.7. The van der Waals surface area contributed by atoms with Gasteiger partial charge >= 0.3 is 17.9 Å². The number of esters is 2. The van der Waals surface area contributed by atoms with E-state index in [0.29, 0.717) is 48.7 Å². The van der Waals surface area contributed by atoms with Gasteiger partial charge in [0.15, 0.2) is 0 Å². The number of carboxylic acid groups (broad SMARTS) is 1. The van der Waals surface area contributed by atoms with Gasteiger partial charge in [0.1, 0.15) is 29.5 Å². The second kappa shape index (κ2) is 28.2. The third-order valence-electron chi connectivity index (χ3n) is 16.2. The first-order chi connectivity index (χ1) is 37.5. The number of phenols is 2. The van der Waals surface area contributed by atoms with Crippen LogP contribution < -0.4 is 4.74 Å². The number of ether oxygens (including phenoxy) is 3. The summed E-state index contributed by atoms with van der Waals surface area (Å²) in [5.74, 6) is 1.73. The van der Waals surface area contributed by atoms with Crippen LogP contribution in [0.5, 0.6) is 17.2 Å². The molecule has 12 heteroatoms. The largest absolute Gasteiger partial charge is 0.507 e. The maximum Gasteiger partial charge on any atom is 0.309 e. The number of benzene rings is 3. The van der Waals surface area contributed by atoms with Gasteiger partial charge < -0.3 is 34.6 Å². The number of rotatable bonds is 16. The summed E-state index contributed by atoms with van der Waals surface area (Å²) in [5.41, 5.74) is 6.21. The molecule has 4 N–H and O–H groups in total. The summed E-state index contributed by atoms with van der Waals surface area (Å²) < 4.78 is 17.0. The van der Waals surface area contributed by atoms with Crippen molar-refractivity contribution in [1.29, 1.82) is 0 Å². The van der Waals surface area contributed by atoms with Crippen LogP contribution >= 0.6 is 23.5 Å². The summed E-state index contributed by atoms with van der Waals surface area (Å²) in [4.78, 5) is 37.5. The van der Waals surface area contributed by atoms with Crippen molar-refractivity contribution < 1.29 is 49.0 Å². The highest BCUT2D eigenvalue weighted by Crippen LogP contribution is 2.51. The SMILES string of the molecule is CC(C)(Sc1cc(C(C)(C)C)c(O)c(C(C)(C)C)c1)Sc1cc(C(C)(C)C)c(O)c(C(C)(C)C)c1.CC[C@H](C)C(=O)O[C@H]1C[C@@H](C)C=C2C=C[C@H](C)[C@H](CC[C@@H]3C[C@@H](O)CC(=O)O3)[C@H]21.Cc1ccc(C)c(OCCCC(C)(C)C(=O)O)c1. The van der Waals surface area contributed by atoms with E-state index in [1.165, 1.54) is 20.9 Å². The number of allylic oxidation sites excluding steroid dienone is 3. The minimum absolute atomic E-state index is 0.0854. The quantitative estimate of drug-likeness (QED) is 0.0466. The van der Waals surface area contributed by atoms with Gasteiger partial charge in [-0.3, -0.25) is 14.4 Å². The summed E-state index contributed by atoms with van der Waals surface area (Å²) in [7, 11) is 0. The second-order valence-corrected chi connectivity index (χ2v) is 32.8. The lowest BCUT2D eigenvalue weighted by atomic mass is 9.65. The number of hydrogen-bond donors (Lipinski definition) is 4. The van der Waals surface area contributed by atoms with Crippen LogP contribution in [0.3, 0.4) is 0 Å². The number of aryl methyl sites for hydroxylation is 2. The molecule has 3 aromatic rings. The number of aromatic hydroxyl groups is 2. The standard InChI is InChI=1S/C31H48O2S2.C24H36O5.C15H22O3/c1-27(2,3)21-15-19(16-22(25(21)32)28(4,5)6)34-31(13,14)35-20-17-23(29(7,8)9)26(33)24(18-20)30(10,11)12;1-5-15(3)24(27)29-21-11-14(2)10-17-7-6-16(4)20(23(17)21)9-8-19-12-18(25)13-22(26)28-19;1-11-6-7-12(2)13(10-11)18-9-5-8-15(3,4)14(16)17/h15-18,32-33H,1-14H3;6-7,10,14-16,18-21,23,25H,5,8-9,11-13H2,1-4H3;6-7,10H,5,8-9H2,1-4H3,(H,16,17)/t;14-,15-,16-,18+,19+,20-,21-,23-;/m.0./s1. The van der Waals surface area contributed by atoms with Crippen LogP contribution in [-0.4, -0.2) is 67.3 Å². The van der Waals surface area contributed by atoms with E-state index in [4.69, 9.17) is 19.3 Å². The number of carboxylic acids is 1. The predicted molar refractivity (Wildman–Crippen MR) is 340 cm³/mol. The number of carbonyl (C=O) groups is 3. The number of hydrogen-bond acceptors (Lipinski definition) is 11. The average molecular weight is 1170 g/mol. The molecule has 0 radical (unpaired) electrons. The van der Waals surface area contributed by atoms with Crippen LogP contribution in [0.2, 0.25) is 0 Å². The molecule has 0 amide bonds. The molecule has 1 aliphatic heterocycles. The number of carbonyl (C=O) groups excluding carboxylic acids is 2. The van der Waals surface area contributed by atoms with E-state index in [0.717, 1.165) is 65.7 Å². The highest BCUT2D eigenvalue weighted by Gasteiger charge is 2.43. The second-order valence-electron chi connectivity index (χ2n) is 29.1. The molecule has 6 rings (SSSR count). The lowest BCUT2D eigenvalue weighted by Crippen LogP contribution is -2.42. The van der Waals surface area contributed by atoms with Crippen LogP contribution in [0.4, 0.5) is 0 Å². The van der Waals surface area contributed by atoms with Crippen molar-refractivity contribution in [2.75, 3.05) is 6.61 Å². The smallest absolute Gasteiger partial charge is 0.309 e. The third kappa shape index (κ3) is 20.1. The van der Waals surface area contributed by atoms with Crippen molar-refractivity contribution in [3.63, 3.8) is 0 Å². The number of phenolic OH excluding ortho intramolecular Hbond substituents is 2. The fourth-order valence-corrected chi connectivity index (χ4v) is 13.5. The van der Waals surface area contributed by atoms with E-state index in [1.807, 2.05) is 63.4 Å². The first-order valence-electron chi connectivity index (χ1n) is 30.1. The van der Waals surface area contributed by atoms with Crippen molar-refractivity contribution in [1.82, 2.24) is 0 Å². The van der Waals surface area contributed by atoms with E-state index in [-0.39, 0.29) is 68.1 Å². The number of aliphatic hydroxyl groups is 1. The Morgan fingerprint density at radius 1 is 0.744 bits per heavy atom. The Bertz CT molecular complexity index is 2570. The molecule has 1 saturated heterocycles. The number of fused-ring (bicyclic) bond motifs is 1. The van der Waals surface area contributed by atoms with Gasteiger partial charge in [0.05, 0.1) is 34.5 Å². The number of aliphatic carboxylic acids is 1. The molecular weight excluding hydrogens is 1060 g/mol. The topological polar surface area (TPSA) is 160 Å². The van der Waals surface area contributed by atoms with Gasteiger partial charge in [0.25, 0.3) is 0 Å². The van der Waals surface area contributed by atoms with Crippen LogP contribution in [0.1, 0.15) is 223 Å². The molecule has 3 aromatic carbocycles. The van der Waals surface area contributed by atoms with Crippen molar-refractivity contribution in [2.24, 2.45) is 35.0 Å². The highest BCUT2D eigenvalue weighted by atomic mass is 32.2. The lowest BCUT2D eigenvalue weighted by Gasteiger charge is -2.43. The van der Waals surface area contributed by atoms with E-state index >= 15 is 0 Å². The highest BCUT2D eigenvalue weighted by molar-refractivity contribution is 8.18. The number of aliphatic hydroxyl groups excluding tert-OH is 1. The maximum atomic E-state index is 12.5. The molecule has 458 valence electrons. The van der Waals surface area contributed by atoms with Gasteiger partial charge in [-0.15, -0.1) is 23.5 Å². The molecule has 10 nitrogen and oxygen atoms in total. The molecule has 82 heavy (non-hydrogen) atoms. The molecule has 0 bridgehead atoms. The fraction of sp³-hybridized carbons (Fsp3) is 0.643. The predicted octanol–water partition coefficient (Wildman–Crippen LogP) is 17.7. The normalized spacial score (nSPS) is 21.8. The fourth-order valence-electron chi connectivity index (χ4n) is 10.9. The summed E-state index contributed by atoms with van der Waals surface area (Å²) >= 11 is 3.66. The van der Waals surface area contributed by atoms with Crippen LogP contribution in [0, 0.1) is 48.9 Å². The van der Waals surface area contributed by atoms with Gasteiger partial charge in [-0.25, -0.2) is 0 Å². The summed E-state index contributed by atoms with van der Waals surface area (Å²) in [5, 5.41) is 41.1. The Labute approximate surface area is 503 Å². The Morgan fingerprint density at radius 2 is 1.24 bits per heavy atom. The number of cyclic esters (lactones) is 1. The van der Waals surface area contributed by atoms with Gasteiger partial charge in [0.2, 0.25) is 0 Å². The monoisotopic (exact) mass is 1170 g/mol. The van der Waals surface area contributed by atoms with Crippen LogP contribution in [0.25, 0.3) is 0 Å². The van der Waals surface area contributed by atoms with Gasteiger partial charge in [0, 0.05) is 44.4 Å². The minimum Gasteiger partial charge on any atom is -0.507 e. The first kappa shape index (κ1) is 70.1. The zero-order chi connectivity index (χ0) is 62.2. The Hall–Kier alpha value is -4.39. The van der Waals surface area contributed by atoms with E-state index in [2.05, 4.69) is 159 Å². The molecule has 8 atom stereocenters. The maximum absolute atomic E-state index is 12.5. The molecule has 0 spiro atoms. The van der Waals surface area contributed by atoms with Crippen molar-refractivity contribution in [3.8, 4) is 17.2 Å². The Kier molecular flexibility index (Phi) is 24.1. The molecule has 0 saturated carbocycles. The molecule has 2 aliphatic carbocycles. The molecule has 3 aliphatic rings. The van der Waals surface area contributed by atoms with E-state index in [1.54, 1.807) is 13.8 Å². The molecule has 0 aromatic heterocycles. The van der Waals surface area contributed by atoms with E-state index in [9.17, 15) is 29.7 Å².